The minimum atomic E-state index is -1.39. The van der Waals surface area contributed by atoms with E-state index < -0.39 is 5.60 Å². The molecule has 0 aliphatic heterocycles. The summed E-state index contributed by atoms with van der Waals surface area (Å²) < 4.78 is 7.79. The number of aliphatic hydroxyl groups is 2. The van der Waals surface area contributed by atoms with E-state index in [1.54, 1.807) is 0 Å². The maximum Gasteiger partial charge on any atom is 0.173 e. The standard InChI is InChI=1S/C25H26N2O3/c1-2-27-23-18-21(30-17-9-16-28)14-15-22(23)26-24(27)25(29,19-10-5-3-6-11-19)20-12-7-4-8-13-20/h3-8,10-15,18,28-29H,2,9,16-17H2,1H3. The van der Waals surface area contributed by atoms with Crippen molar-refractivity contribution >= 4 is 11.0 Å². The third kappa shape index (κ3) is 3.58. The quantitative estimate of drug-likeness (QED) is 0.436. The summed E-state index contributed by atoms with van der Waals surface area (Å²) >= 11 is 0. The molecular formula is C25H26N2O3. The molecule has 0 bridgehead atoms. The first-order valence-corrected chi connectivity index (χ1v) is 10.3. The van der Waals surface area contributed by atoms with E-state index in [2.05, 4.69) is 0 Å². The molecule has 4 rings (SSSR count). The number of hydrogen-bond donors (Lipinski definition) is 2. The summed E-state index contributed by atoms with van der Waals surface area (Å²) in [5.74, 6) is 1.30. The molecule has 154 valence electrons. The van der Waals surface area contributed by atoms with Gasteiger partial charge in [-0.25, -0.2) is 4.98 Å². The second-order valence-corrected chi connectivity index (χ2v) is 7.20. The van der Waals surface area contributed by atoms with Gasteiger partial charge in [-0.1, -0.05) is 60.7 Å². The molecule has 0 aliphatic rings. The third-order valence-corrected chi connectivity index (χ3v) is 5.31. The maximum absolute atomic E-state index is 12.1. The normalized spacial score (nSPS) is 11.7. The number of aliphatic hydroxyl groups excluding tert-OH is 1. The van der Waals surface area contributed by atoms with Crippen LogP contribution in [0.4, 0.5) is 0 Å². The Hall–Kier alpha value is -3.15. The average molecular weight is 402 g/mol. The van der Waals surface area contributed by atoms with Gasteiger partial charge in [-0.2, -0.15) is 0 Å². The van der Waals surface area contributed by atoms with Gasteiger partial charge in [-0.3, -0.25) is 0 Å². The van der Waals surface area contributed by atoms with E-state index >= 15 is 0 Å². The monoisotopic (exact) mass is 402 g/mol. The van der Waals surface area contributed by atoms with Crippen molar-refractivity contribution in [1.82, 2.24) is 9.55 Å². The number of imidazole rings is 1. The van der Waals surface area contributed by atoms with Crippen molar-refractivity contribution in [2.24, 2.45) is 0 Å². The fourth-order valence-electron chi connectivity index (χ4n) is 3.83. The first kappa shape index (κ1) is 20.1. The van der Waals surface area contributed by atoms with Crippen LogP contribution < -0.4 is 4.74 Å². The smallest absolute Gasteiger partial charge is 0.173 e. The Kier molecular flexibility index (Phi) is 5.84. The van der Waals surface area contributed by atoms with E-state index in [-0.39, 0.29) is 6.61 Å². The number of hydrogen-bond acceptors (Lipinski definition) is 4. The average Bonchev–Trinajstić information content (AvgIpc) is 3.18. The van der Waals surface area contributed by atoms with Gasteiger partial charge in [0.25, 0.3) is 0 Å². The molecule has 3 aromatic carbocycles. The summed E-state index contributed by atoms with van der Waals surface area (Å²) in [5, 5.41) is 21.1. The fourth-order valence-corrected chi connectivity index (χ4v) is 3.83. The van der Waals surface area contributed by atoms with Crippen LogP contribution in [-0.2, 0) is 12.1 Å². The van der Waals surface area contributed by atoms with Crippen molar-refractivity contribution in [3.05, 3.63) is 95.8 Å². The summed E-state index contributed by atoms with van der Waals surface area (Å²) in [7, 11) is 0. The number of ether oxygens (including phenoxy) is 1. The predicted octanol–water partition coefficient (Wildman–Crippen LogP) is 4.10. The SMILES string of the molecule is CCn1c(C(O)(c2ccccc2)c2ccccc2)nc2ccc(OCCCO)cc21. The van der Waals surface area contributed by atoms with Crippen LogP contribution in [0.5, 0.6) is 5.75 Å². The minimum Gasteiger partial charge on any atom is -0.493 e. The second-order valence-electron chi connectivity index (χ2n) is 7.20. The van der Waals surface area contributed by atoms with Crippen LogP contribution in [-0.4, -0.2) is 33.0 Å². The number of benzene rings is 3. The van der Waals surface area contributed by atoms with Crippen LogP contribution >= 0.6 is 0 Å². The zero-order valence-corrected chi connectivity index (χ0v) is 17.0. The number of fused-ring (bicyclic) bond motifs is 1. The lowest BCUT2D eigenvalue weighted by Crippen LogP contribution is -2.32. The van der Waals surface area contributed by atoms with Gasteiger partial charge in [0.1, 0.15) is 5.75 Å². The van der Waals surface area contributed by atoms with Crippen molar-refractivity contribution in [3.8, 4) is 5.75 Å². The second kappa shape index (κ2) is 8.69. The van der Waals surface area contributed by atoms with Gasteiger partial charge in [0.05, 0.1) is 17.6 Å². The summed E-state index contributed by atoms with van der Waals surface area (Å²) in [6.07, 6.45) is 0.581. The zero-order chi connectivity index (χ0) is 21.0. The molecule has 0 fully saturated rings. The molecule has 2 N–H and O–H groups in total. The highest BCUT2D eigenvalue weighted by Gasteiger charge is 2.38. The lowest BCUT2D eigenvalue weighted by Gasteiger charge is -2.29. The molecule has 30 heavy (non-hydrogen) atoms. The molecule has 1 heterocycles. The topological polar surface area (TPSA) is 67.5 Å². The predicted molar refractivity (Wildman–Crippen MR) is 118 cm³/mol. The van der Waals surface area contributed by atoms with Gasteiger partial charge in [0.2, 0.25) is 0 Å². The van der Waals surface area contributed by atoms with Crippen LogP contribution in [0, 0.1) is 0 Å². The largest absolute Gasteiger partial charge is 0.493 e. The molecule has 0 atom stereocenters. The highest BCUT2D eigenvalue weighted by molar-refractivity contribution is 5.78. The summed E-state index contributed by atoms with van der Waals surface area (Å²) in [4.78, 5) is 4.86. The molecule has 0 amide bonds. The van der Waals surface area contributed by atoms with Crippen molar-refractivity contribution < 1.29 is 14.9 Å². The molecule has 0 saturated heterocycles. The van der Waals surface area contributed by atoms with Crippen molar-refractivity contribution in [2.75, 3.05) is 13.2 Å². The number of aryl methyl sites for hydroxylation is 1. The maximum atomic E-state index is 12.1. The van der Waals surface area contributed by atoms with Gasteiger partial charge >= 0.3 is 0 Å². The molecule has 0 aliphatic carbocycles. The van der Waals surface area contributed by atoms with E-state index in [1.807, 2.05) is 90.4 Å². The van der Waals surface area contributed by atoms with Crippen molar-refractivity contribution in [2.45, 2.75) is 25.5 Å². The van der Waals surface area contributed by atoms with Crippen LogP contribution in [0.2, 0.25) is 0 Å². The zero-order valence-electron chi connectivity index (χ0n) is 17.0. The van der Waals surface area contributed by atoms with E-state index in [1.165, 1.54) is 0 Å². The number of aromatic nitrogens is 2. The van der Waals surface area contributed by atoms with Crippen LogP contribution in [0.1, 0.15) is 30.3 Å². The van der Waals surface area contributed by atoms with Crippen LogP contribution in [0.3, 0.4) is 0 Å². The molecule has 0 spiro atoms. The summed E-state index contributed by atoms with van der Waals surface area (Å²) in [6.45, 7) is 3.24. The fraction of sp³-hybridized carbons (Fsp3) is 0.240. The van der Waals surface area contributed by atoms with Crippen molar-refractivity contribution in [3.63, 3.8) is 0 Å². The van der Waals surface area contributed by atoms with Gasteiger partial charge in [0, 0.05) is 25.6 Å². The molecule has 0 saturated carbocycles. The summed E-state index contributed by atoms with van der Waals surface area (Å²) in [5.41, 5.74) is 1.84. The summed E-state index contributed by atoms with van der Waals surface area (Å²) in [6, 6.07) is 25.0. The number of rotatable bonds is 8. The Morgan fingerprint density at radius 3 is 2.13 bits per heavy atom. The van der Waals surface area contributed by atoms with Gasteiger partial charge in [-0.05, 0) is 30.2 Å². The molecule has 0 unspecified atom stereocenters. The Morgan fingerprint density at radius 2 is 1.57 bits per heavy atom. The van der Waals surface area contributed by atoms with E-state index in [9.17, 15) is 5.11 Å². The lowest BCUT2D eigenvalue weighted by molar-refractivity contribution is 0.112. The highest BCUT2D eigenvalue weighted by atomic mass is 16.5. The highest BCUT2D eigenvalue weighted by Crippen LogP contribution is 2.38. The number of nitrogens with zero attached hydrogens (tertiary/aromatic N) is 2. The molecule has 5 nitrogen and oxygen atoms in total. The van der Waals surface area contributed by atoms with Crippen LogP contribution in [0.25, 0.3) is 11.0 Å². The molecule has 5 heteroatoms. The molecule has 0 radical (unpaired) electrons. The Labute approximate surface area is 176 Å². The minimum absolute atomic E-state index is 0.0977. The third-order valence-electron chi connectivity index (χ3n) is 5.31. The lowest BCUT2D eigenvalue weighted by atomic mass is 9.85. The first-order chi connectivity index (χ1) is 14.7. The van der Waals surface area contributed by atoms with E-state index in [0.717, 1.165) is 27.9 Å². The van der Waals surface area contributed by atoms with Gasteiger partial charge in [0.15, 0.2) is 11.4 Å². The van der Waals surface area contributed by atoms with Crippen molar-refractivity contribution in [1.29, 1.82) is 0 Å². The Morgan fingerprint density at radius 1 is 0.933 bits per heavy atom. The first-order valence-electron chi connectivity index (χ1n) is 10.3. The van der Waals surface area contributed by atoms with Gasteiger partial charge < -0.3 is 19.5 Å². The van der Waals surface area contributed by atoms with Gasteiger partial charge in [-0.15, -0.1) is 0 Å². The molecule has 1 aromatic heterocycles. The molecule has 4 aromatic rings. The Balaban J connectivity index is 1.90. The molecular weight excluding hydrogens is 376 g/mol. The van der Waals surface area contributed by atoms with E-state index in [0.29, 0.717) is 25.4 Å². The Bertz CT molecular complexity index is 1070. The van der Waals surface area contributed by atoms with E-state index in [4.69, 9.17) is 14.8 Å². The van der Waals surface area contributed by atoms with Crippen LogP contribution in [0.15, 0.2) is 78.9 Å².